The van der Waals surface area contributed by atoms with Gasteiger partial charge in [-0.15, -0.1) is 0 Å². The zero-order valence-corrected chi connectivity index (χ0v) is 19.7. The molecule has 0 bridgehead atoms. The Morgan fingerprint density at radius 3 is 2.56 bits per heavy atom. The van der Waals surface area contributed by atoms with Gasteiger partial charge < -0.3 is 15.0 Å². The fourth-order valence-electron chi connectivity index (χ4n) is 7.09. The van der Waals surface area contributed by atoms with Crippen molar-refractivity contribution in [3.05, 3.63) is 75.2 Å². The van der Waals surface area contributed by atoms with Crippen molar-refractivity contribution in [1.29, 1.82) is 0 Å². The minimum atomic E-state index is -0.380. The number of carbonyl (C=O) groups is 1. The number of rotatable bonds is 5. The van der Waals surface area contributed by atoms with Crippen LogP contribution in [0.15, 0.2) is 47.3 Å². The van der Waals surface area contributed by atoms with Gasteiger partial charge in [0.25, 0.3) is 5.56 Å². The minimum Gasteiger partial charge on any atom is -0.396 e. The summed E-state index contributed by atoms with van der Waals surface area (Å²) in [6.45, 7) is 3.28. The number of nitrogens with one attached hydrogen (secondary N) is 1. The van der Waals surface area contributed by atoms with Gasteiger partial charge in [-0.2, -0.15) is 0 Å². The Balaban J connectivity index is 1.27. The molecule has 4 aliphatic rings. The molecule has 2 aliphatic heterocycles. The van der Waals surface area contributed by atoms with Crippen LogP contribution >= 0.6 is 0 Å². The highest BCUT2D eigenvalue weighted by Crippen LogP contribution is 2.49. The summed E-state index contributed by atoms with van der Waals surface area (Å²) < 4.78 is 1.91. The topological polar surface area (TPSA) is 74.6 Å². The monoisotopic (exact) mass is 459 g/mol. The maximum Gasteiger partial charge on any atom is 0.258 e. The van der Waals surface area contributed by atoms with Crippen LogP contribution in [0.1, 0.15) is 54.6 Å². The Kier molecular flexibility index (Phi) is 5.46. The van der Waals surface area contributed by atoms with Crippen LogP contribution in [0, 0.1) is 11.8 Å². The van der Waals surface area contributed by atoms with E-state index in [0.29, 0.717) is 13.1 Å². The Labute approximate surface area is 200 Å². The number of nitrogens with zero attached hydrogens (tertiary/aromatic N) is 2. The molecule has 0 saturated carbocycles. The number of likely N-dealkylation sites (tertiary alicyclic amines) is 1. The third kappa shape index (κ3) is 3.30. The fourth-order valence-corrected chi connectivity index (χ4v) is 7.09. The van der Waals surface area contributed by atoms with Crippen LogP contribution < -0.4 is 10.9 Å². The number of pyridine rings is 1. The lowest BCUT2D eigenvalue weighted by Gasteiger charge is -2.30. The van der Waals surface area contributed by atoms with Gasteiger partial charge in [-0.25, -0.2) is 0 Å². The lowest BCUT2D eigenvalue weighted by atomic mass is 9.88. The molecule has 1 amide bonds. The summed E-state index contributed by atoms with van der Waals surface area (Å²) in [5, 5.41) is 13.7. The van der Waals surface area contributed by atoms with Gasteiger partial charge >= 0.3 is 0 Å². The Bertz CT molecular complexity index is 1190. The molecule has 1 aromatic heterocycles. The van der Waals surface area contributed by atoms with Gasteiger partial charge in [0.2, 0.25) is 5.91 Å². The first-order chi connectivity index (χ1) is 16.6. The number of aromatic nitrogens is 1. The molecule has 6 heteroatoms. The number of aliphatic hydroxyl groups is 1. The summed E-state index contributed by atoms with van der Waals surface area (Å²) in [4.78, 5) is 29.2. The van der Waals surface area contributed by atoms with Crippen LogP contribution in [0.4, 0.5) is 0 Å². The number of hydrogen-bond donors (Lipinski definition) is 2. The summed E-state index contributed by atoms with van der Waals surface area (Å²) in [6, 6.07) is 12.2. The van der Waals surface area contributed by atoms with E-state index in [4.69, 9.17) is 0 Å². The third-order valence-electron chi connectivity index (χ3n) is 8.61. The average Bonchev–Trinajstić information content (AvgIpc) is 3.61. The molecule has 34 heavy (non-hydrogen) atoms. The van der Waals surface area contributed by atoms with Crippen LogP contribution in [0.3, 0.4) is 0 Å². The number of benzene rings is 1. The molecule has 0 spiro atoms. The Morgan fingerprint density at radius 1 is 1.15 bits per heavy atom. The van der Waals surface area contributed by atoms with Gasteiger partial charge in [0, 0.05) is 42.3 Å². The summed E-state index contributed by atoms with van der Waals surface area (Å²) in [5.74, 6) is -0.126. The molecule has 2 aromatic rings. The largest absolute Gasteiger partial charge is 0.396 e. The van der Waals surface area contributed by atoms with Crippen molar-refractivity contribution in [3.8, 4) is 0 Å². The van der Waals surface area contributed by atoms with E-state index in [1.807, 2.05) is 10.6 Å². The van der Waals surface area contributed by atoms with E-state index in [2.05, 4.69) is 53.5 Å². The minimum absolute atomic E-state index is 0.00901. The number of hydrogen-bond acceptors (Lipinski definition) is 4. The molecule has 1 saturated heterocycles. The highest BCUT2D eigenvalue weighted by atomic mass is 16.3. The molecular weight excluding hydrogens is 426 g/mol. The van der Waals surface area contributed by atoms with Crippen LogP contribution in [0.25, 0.3) is 5.57 Å². The first kappa shape index (κ1) is 21.8. The van der Waals surface area contributed by atoms with Gasteiger partial charge in [-0.3, -0.25) is 14.5 Å². The average molecular weight is 460 g/mol. The molecule has 6 nitrogen and oxygen atoms in total. The van der Waals surface area contributed by atoms with Gasteiger partial charge in [-0.1, -0.05) is 37.3 Å². The van der Waals surface area contributed by atoms with Gasteiger partial charge in [0.05, 0.1) is 12.1 Å². The zero-order chi connectivity index (χ0) is 23.4. The van der Waals surface area contributed by atoms with Crippen molar-refractivity contribution in [2.75, 3.05) is 13.2 Å². The molecule has 1 aromatic carbocycles. The Morgan fingerprint density at radius 2 is 1.91 bits per heavy atom. The van der Waals surface area contributed by atoms with E-state index < -0.39 is 0 Å². The van der Waals surface area contributed by atoms with Crippen molar-refractivity contribution in [3.63, 3.8) is 0 Å². The number of aliphatic hydroxyl groups excluding tert-OH is 1. The molecule has 178 valence electrons. The van der Waals surface area contributed by atoms with Crippen molar-refractivity contribution in [1.82, 2.24) is 14.8 Å². The van der Waals surface area contributed by atoms with E-state index in [9.17, 15) is 14.7 Å². The highest BCUT2D eigenvalue weighted by Gasteiger charge is 2.55. The van der Waals surface area contributed by atoms with Gasteiger partial charge in [0.1, 0.15) is 0 Å². The van der Waals surface area contributed by atoms with Gasteiger partial charge in [-0.05, 0) is 67.5 Å². The van der Waals surface area contributed by atoms with E-state index in [1.54, 1.807) is 0 Å². The first-order valence-electron chi connectivity index (χ1n) is 12.8. The van der Waals surface area contributed by atoms with Crippen molar-refractivity contribution >= 4 is 11.5 Å². The van der Waals surface area contributed by atoms with E-state index in [-0.39, 0.29) is 48.0 Å². The third-order valence-corrected chi connectivity index (χ3v) is 8.61. The van der Waals surface area contributed by atoms with Crippen molar-refractivity contribution in [2.24, 2.45) is 11.8 Å². The molecule has 1 fully saturated rings. The first-order valence-corrected chi connectivity index (χ1v) is 12.8. The van der Waals surface area contributed by atoms with E-state index in [1.165, 1.54) is 16.7 Å². The lowest BCUT2D eigenvalue weighted by Crippen LogP contribution is -2.51. The second-order valence-corrected chi connectivity index (χ2v) is 10.3. The lowest BCUT2D eigenvalue weighted by molar-refractivity contribution is -0.128. The summed E-state index contributed by atoms with van der Waals surface area (Å²) >= 11 is 0. The number of likely N-dealkylation sites (N-methyl/N-ethyl adjacent to an activating group) is 1. The van der Waals surface area contributed by atoms with Crippen molar-refractivity contribution in [2.45, 2.75) is 63.7 Å². The predicted molar refractivity (Wildman–Crippen MR) is 131 cm³/mol. The second kappa shape index (κ2) is 8.51. The molecule has 0 unspecified atom stereocenters. The summed E-state index contributed by atoms with van der Waals surface area (Å²) in [5.41, 5.74) is 5.67. The fraction of sp³-hybridized carbons (Fsp3) is 0.500. The number of carbonyl (C=O) groups excluding carboxylic acids is 1. The molecule has 0 radical (unpaired) electrons. The van der Waals surface area contributed by atoms with Crippen LogP contribution in [0.2, 0.25) is 0 Å². The number of amides is 1. The smallest absolute Gasteiger partial charge is 0.258 e. The normalized spacial score (nSPS) is 28.0. The maximum atomic E-state index is 13.6. The second-order valence-electron chi connectivity index (χ2n) is 10.3. The van der Waals surface area contributed by atoms with E-state index in [0.717, 1.165) is 43.4 Å². The SMILES string of the molecule is CCN1[C@H](C(=O)NC2Cc3ccccc3C2)[C@@H](CO)[C@@H]2Cn3c(ccc(C4=CCCC4)c3=O)[C@@H]21. The summed E-state index contributed by atoms with van der Waals surface area (Å²) in [7, 11) is 0. The number of allylic oxidation sites excluding steroid dienone is 2. The highest BCUT2D eigenvalue weighted by molar-refractivity contribution is 5.83. The molecule has 2 N–H and O–H groups in total. The van der Waals surface area contributed by atoms with Crippen LogP contribution in [-0.4, -0.2) is 45.7 Å². The molecule has 3 heterocycles. The zero-order valence-electron chi connectivity index (χ0n) is 19.7. The van der Waals surface area contributed by atoms with Crippen LogP contribution in [-0.2, 0) is 24.2 Å². The molecular formula is C28H33N3O3. The van der Waals surface area contributed by atoms with Crippen molar-refractivity contribution < 1.29 is 9.90 Å². The van der Waals surface area contributed by atoms with E-state index >= 15 is 0 Å². The molecule has 4 atom stereocenters. The predicted octanol–water partition coefficient (Wildman–Crippen LogP) is 2.68. The standard InChI is InChI=1S/C28H33N3O3/c1-2-30-25-22(15-31-24(25)12-11-21(28(31)34)17-7-3-4-8-17)23(16-32)26(30)27(33)29-20-13-18-9-5-6-10-19(18)14-20/h5-7,9-12,20,22-23,25-26,32H,2-4,8,13-16H2,1H3,(H,29,33)/t22-,23-,25+,26-/m0/s1. The van der Waals surface area contributed by atoms with Gasteiger partial charge in [0.15, 0.2) is 0 Å². The quantitative estimate of drug-likeness (QED) is 0.721. The molecule has 2 aliphatic carbocycles. The summed E-state index contributed by atoms with van der Waals surface area (Å²) in [6.07, 6.45) is 7.02. The maximum absolute atomic E-state index is 13.6. The molecule has 6 rings (SSSR count). The number of fused-ring (bicyclic) bond motifs is 4. The van der Waals surface area contributed by atoms with Crippen LogP contribution in [0.5, 0.6) is 0 Å². The Hall–Kier alpha value is -2.70.